The largest absolute Gasteiger partial charge is 0.330 e. The maximum Gasteiger partial charge on any atom is 0.0797 e. The fourth-order valence-corrected chi connectivity index (χ4v) is 2.82. The summed E-state index contributed by atoms with van der Waals surface area (Å²) >= 11 is 1.80. The van der Waals surface area contributed by atoms with E-state index in [4.69, 9.17) is 5.73 Å². The Kier molecular flexibility index (Phi) is 2.42. The molecular weight excluding hydrogens is 168 g/mol. The molecule has 1 atom stereocenters. The third-order valence-corrected chi connectivity index (χ3v) is 3.44. The van der Waals surface area contributed by atoms with Gasteiger partial charge in [0.1, 0.15) is 0 Å². The van der Waals surface area contributed by atoms with Crippen molar-refractivity contribution in [2.75, 3.05) is 6.54 Å². The lowest BCUT2D eigenvalue weighted by atomic mass is 9.89. The van der Waals surface area contributed by atoms with Gasteiger partial charge in [-0.2, -0.15) is 0 Å². The number of fused-ring (bicyclic) bond motifs is 1. The average molecular weight is 182 g/mol. The highest BCUT2D eigenvalue weighted by Gasteiger charge is 2.21. The SMILES string of the molecule is NCCC1CCCc2scnc21. The lowest BCUT2D eigenvalue weighted by molar-refractivity contribution is 0.519. The van der Waals surface area contributed by atoms with Crippen LogP contribution >= 0.6 is 11.3 Å². The summed E-state index contributed by atoms with van der Waals surface area (Å²) in [5, 5.41) is 0. The van der Waals surface area contributed by atoms with Gasteiger partial charge in [-0.25, -0.2) is 4.98 Å². The molecule has 0 radical (unpaired) electrons. The van der Waals surface area contributed by atoms with E-state index in [1.807, 2.05) is 5.51 Å². The zero-order valence-electron chi connectivity index (χ0n) is 7.12. The fourth-order valence-electron chi connectivity index (χ4n) is 1.93. The van der Waals surface area contributed by atoms with E-state index < -0.39 is 0 Å². The van der Waals surface area contributed by atoms with Crippen molar-refractivity contribution in [1.29, 1.82) is 0 Å². The van der Waals surface area contributed by atoms with Crippen molar-refractivity contribution in [1.82, 2.24) is 4.98 Å². The number of aromatic nitrogens is 1. The van der Waals surface area contributed by atoms with Gasteiger partial charge in [-0.15, -0.1) is 11.3 Å². The smallest absolute Gasteiger partial charge is 0.0797 e. The van der Waals surface area contributed by atoms with Crippen LogP contribution in [0.3, 0.4) is 0 Å². The van der Waals surface area contributed by atoms with Gasteiger partial charge in [-0.1, -0.05) is 0 Å². The second-order valence-electron chi connectivity index (χ2n) is 3.33. The van der Waals surface area contributed by atoms with E-state index in [1.165, 1.54) is 29.8 Å². The Hall–Kier alpha value is -0.410. The number of rotatable bonds is 2. The predicted molar refractivity (Wildman–Crippen MR) is 51.5 cm³/mol. The lowest BCUT2D eigenvalue weighted by Crippen LogP contribution is -2.12. The molecule has 1 aromatic heterocycles. The van der Waals surface area contributed by atoms with Crippen molar-refractivity contribution in [2.45, 2.75) is 31.6 Å². The molecule has 2 nitrogen and oxygen atoms in total. The van der Waals surface area contributed by atoms with Crippen LogP contribution in [-0.2, 0) is 6.42 Å². The molecule has 0 spiro atoms. The van der Waals surface area contributed by atoms with Crippen molar-refractivity contribution in [3.63, 3.8) is 0 Å². The van der Waals surface area contributed by atoms with Gasteiger partial charge in [0.05, 0.1) is 11.2 Å². The Labute approximate surface area is 76.8 Å². The molecule has 2 rings (SSSR count). The molecule has 0 aliphatic heterocycles. The van der Waals surface area contributed by atoms with E-state index in [0.717, 1.165) is 13.0 Å². The van der Waals surface area contributed by atoms with Crippen molar-refractivity contribution >= 4 is 11.3 Å². The highest BCUT2D eigenvalue weighted by atomic mass is 32.1. The summed E-state index contributed by atoms with van der Waals surface area (Å²) in [5.74, 6) is 0.657. The third kappa shape index (κ3) is 1.39. The van der Waals surface area contributed by atoms with Crippen molar-refractivity contribution in [3.8, 4) is 0 Å². The number of thiazole rings is 1. The van der Waals surface area contributed by atoms with Gasteiger partial charge in [0.15, 0.2) is 0 Å². The fraction of sp³-hybridized carbons (Fsp3) is 0.667. The van der Waals surface area contributed by atoms with Gasteiger partial charge in [-0.3, -0.25) is 0 Å². The first-order valence-corrected chi connectivity index (χ1v) is 5.42. The van der Waals surface area contributed by atoms with Crippen LogP contribution in [0.2, 0.25) is 0 Å². The molecule has 1 aromatic rings. The van der Waals surface area contributed by atoms with E-state index in [1.54, 1.807) is 11.3 Å². The van der Waals surface area contributed by atoms with Gasteiger partial charge in [0.25, 0.3) is 0 Å². The van der Waals surface area contributed by atoms with E-state index >= 15 is 0 Å². The Bertz CT molecular complexity index is 257. The molecule has 1 unspecified atom stereocenters. The second kappa shape index (κ2) is 3.54. The first kappa shape index (κ1) is 8.20. The van der Waals surface area contributed by atoms with Crippen LogP contribution in [0.1, 0.15) is 35.8 Å². The number of hydrogen-bond donors (Lipinski definition) is 1. The van der Waals surface area contributed by atoms with Crippen molar-refractivity contribution < 1.29 is 0 Å². The van der Waals surface area contributed by atoms with Gasteiger partial charge < -0.3 is 5.73 Å². The van der Waals surface area contributed by atoms with Gasteiger partial charge in [0, 0.05) is 10.8 Å². The molecular formula is C9H14N2S. The number of nitrogens with two attached hydrogens (primary N) is 1. The summed E-state index contributed by atoms with van der Waals surface area (Å²) in [7, 11) is 0. The number of hydrogen-bond acceptors (Lipinski definition) is 3. The molecule has 0 fully saturated rings. The van der Waals surface area contributed by atoms with Crippen LogP contribution in [0.25, 0.3) is 0 Å². The summed E-state index contributed by atoms with van der Waals surface area (Å²) in [5.41, 5.74) is 8.88. The van der Waals surface area contributed by atoms with Crippen LogP contribution < -0.4 is 5.73 Å². The van der Waals surface area contributed by atoms with E-state index in [0.29, 0.717) is 5.92 Å². The molecule has 0 saturated heterocycles. The molecule has 1 aliphatic rings. The van der Waals surface area contributed by atoms with Gasteiger partial charge in [0.2, 0.25) is 0 Å². The summed E-state index contributed by atoms with van der Waals surface area (Å²) in [4.78, 5) is 5.92. The summed E-state index contributed by atoms with van der Waals surface area (Å²) in [6.07, 6.45) is 4.95. The number of aryl methyl sites for hydroxylation is 1. The summed E-state index contributed by atoms with van der Waals surface area (Å²) < 4.78 is 0. The zero-order chi connectivity index (χ0) is 8.39. The molecule has 66 valence electrons. The first-order chi connectivity index (χ1) is 5.92. The average Bonchev–Trinajstić information content (AvgIpc) is 2.53. The molecule has 2 N–H and O–H groups in total. The lowest BCUT2D eigenvalue weighted by Gasteiger charge is -2.20. The molecule has 3 heteroatoms. The van der Waals surface area contributed by atoms with Crippen molar-refractivity contribution in [2.24, 2.45) is 5.73 Å². The summed E-state index contributed by atoms with van der Waals surface area (Å²) in [6.45, 7) is 0.793. The van der Waals surface area contributed by atoms with Crippen molar-refractivity contribution in [3.05, 3.63) is 16.1 Å². The topological polar surface area (TPSA) is 38.9 Å². The quantitative estimate of drug-likeness (QED) is 0.759. The second-order valence-corrected chi connectivity index (χ2v) is 4.27. The first-order valence-electron chi connectivity index (χ1n) is 4.54. The number of nitrogens with zero attached hydrogens (tertiary/aromatic N) is 1. The maximum atomic E-state index is 5.56. The van der Waals surface area contributed by atoms with Gasteiger partial charge in [-0.05, 0) is 32.2 Å². The summed E-state index contributed by atoms with van der Waals surface area (Å²) in [6, 6.07) is 0. The molecule has 1 aliphatic carbocycles. The van der Waals surface area contributed by atoms with Crippen LogP contribution in [0.5, 0.6) is 0 Å². The Morgan fingerprint density at radius 2 is 2.58 bits per heavy atom. The highest BCUT2D eigenvalue weighted by Crippen LogP contribution is 2.34. The molecule has 0 bridgehead atoms. The minimum Gasteiger partial charge on any atom is -0.330 e. The maximum absolute atomic E-state index is 5.56. The minimum atomic E-state index is 0.657. The Balaban J connectivity index is 2.19. The zero-order valence-corrected chi connectivity index (χ0v) is 7.94. The third-order valence-electron chi connectivity index (χ3n) is 2.53. The predicted octanol–water partition coefficient (Wildman–Crippen LogP) is 1.91. The van der Waals surface area contributed by atoms with E-state index in [2.05, 4.69) is 4.98 Å². The van der Waals surface area contributed by atoms with Gasteiger partial charge >= 0.3 is 0 Å². The highest BCUT2D eigenvalue weighted by molar-refractivity contribution is 7.09. The van der Waals surface area contributed by atoms with E-state index in [9.17, 15) is 0 Å². The monoisotopic (exact) mass is 182 g/mol. The van der Waals surface area contributed by atoms with E-state index in [-0.39, 0.29) is 0 Å². The molecule has 0 aromatic carbocycles. The Morgan fingerprint density at radius 1 is 1.67 bits per heavy atom. The Morgan fingerprint density at radius 3 is 3.42 bits per heavy atom. The molecule has 0 saturated carbocycles. The molecule has 0 amide bonds. The minimum absolute atomic E-state index is 0.657. The molecule has 12 heavy (non-hydrogen) atoms. The van der Waals surface area contributed by atoms with Crippen LogP contribution in [0.15, 0.2) is 5.51 Å². The van der Waals surface area contributed by atoms with Crippen LogP contribution in [-0.4, -0.2) is 11.5 Å². The normalized spacial score (nSPS) is 22.2. The van der Waals surface area contributed by atoms with Crippen LogP contribution in [0.4, 0.5) is 0 Å². The molecule has 1 heterocycles. The van der Waals surface area contributed by atoms with Crippen LogP contribution in [0, 0.1) is 0 Å². The standard InChI is InChI=1S/C9H14N2S/c10-5-4-7-2-1-3-8-9(7)11-6-12-8/h6-7H,1-5,10H2.